The zero-order valence-electron chi connectivity index (χ0n) is 11.9. The highest BCUT2D eigenvalue weighted by Gasteiger charge is 2.27. The Kier molecular flexibility index (Phi) is 5.61. The third-order valence-corrected chi connectivity index (χ3v) is 4.58. The zero-order valence-corrected chi connectivity index (χ0v) is 13.5. The van der Waals surface area contributed by atoms with Crippen molar-refractivity contribution in [3.63, 3.8) is 0 Å². The van der Waals surface area contributed by atoms with Crippen LogP contribution in [0.25, 0.3) is 0 Å². The SMILES string of the molecule is COc1ccc(Br)cc1CC(=O)C1CCCCCC1N. The van der Waals surface area contributed by atoms with Crippen molar-refractivity contribution < 1.29 is 9.53 Å². The monoisotopic (exact) mass is 339 g/mol. The molecule has 1 saturated carbocycles. The summed E-state index contributed by atoms with van der Waals surface area (Å²) >= 11 is 3.44. The van der Waals surface area contributed by atoms with Gasteiger partial charge in [-0.3, -0.25) is 4.79 Å². The van der Waals surface area contributed by atoms with E-state index in [9.17, 15) is 4.79 Å². The second-order valence-electron chi connectivity index (χ2n) is 5.51. The van der Waals surface area contributed by atoms with Crippen molar-refractivity contribution in [2.45, 2.75) is 44.6 Å². The predicted molar refractivity (Wildman–Crippen MR) is 84.0 cm³/mol. The highest BCUT2D eigenvalue weighted by molar-refractivity contribution is 9.10. The Morgan fingerprint density at radius 2 is 2.10 bits per heavy atom. The van der Waals surface area contributed by atoms with Crippen LogP contribution in [0.15, 0.2) is 22.7 Å². The maximum atomic E-state index is 12.6. The first kappa shape index (κ1) is 15.5. The number of carbonyl (C=O) groups is 1. The van der Waals surface area contributed by atoms with Crippen LogP contribution in [0, 0.1) is 5.92 Å². The molecule has 1 aliphatic rings. The van der Waals surface area contributed by atoms with Gasteiger partial charge in [-0.1, -0.05) is 35.2 Å². The number of carbonyl (C=O) groups excluding carboxylic acids is 1. The summed E-state index contributed by atoms with van der Waals surface area (Å²) in [5.74, 6) is 1.01. The van der Waals surface area contributed by atoms with Crippen molar-refractivity contribution in [3.05, 3.63) is 28.2 Å². The first-order chi connectivity index (χ1) is 9.61. The normalized spacial score (nSPS) is 23.1. The maximum Gasteiger partial charge on any atom is 0.142 e. The van der Waals surface area contributed by atoms with Crippen LogP contribution in [0.3, 0.4) is 0 Å². The number of hydrogen-bond donors (Lipinski definition) is 1. The molecule has 1 aliphatic carbocycles. The van der Waals surface area contributed by atoms with E-state index in [2.05, 4.69) is 15.9 Å². The van der Waals surface area contributed by atoms with E-state index in [1.165, 1.54) is 6.42 Å². The number of nitrogens with two attached hydrogens (primary N) is 1. The Labute approximate surface area is 129 Å². The van der Waals surface area contributed by atoms with Gasteiger partial charge >= 0.3 is 0 Å². The maximum absolute atomic E-state index is 12.6. The number of Topliss-reactive ketones (excluding diaryl/α,β-unsaturated/α-hetero) is 1. The largest absolute Gasteiger partial charge is 0.496 e. The van der Waals surface area contributed by atoms with E-state index >= 15 is 0 Å². The number of benzene rings is 1. The molecule has 1 aromatic rings. The number of ketones is 1. The lowest BCUT2D eigenvalue weighted by Crippen LogP contribution is -2.35. The van der Waals surface area contributed by atoms with Gasteiger partial charge in [-0.05, 0) is 31.0 Å². The van der Waals surface area contributed by atoms with E-state index in [-0.39, 0.29) is 17.7 Å². The van der Waals surface area contributed by atoms with E-state index in [1.54, 1.807) is 7.11 Å². The lowest BCUT2D eigenvalue weighted by molar-refractivity contribution is -0.123. The second kappa shape index (κ2) is 7.23. The molecular formula is C16H22BrNO2. The Morgan fingerprint density at radius 3 is 2.85 bits per heavy atom. The minimum absolute atomic E-state index is 0.00110. The molecule has 1 fully saturated rings. The van der Waals surface area contributed by atoms with E-state index in [0.29, 0.717) is 6.42 Å². The molecule has 2 unspecified atom stereocenters. The van der Waals surface area contributed by atoms with Crippen molar-refractivity contribution >= 4 is 21.7 Å². The van der Waals surface area contributed by atoms with Crippen LogP contribution in [-0.4, -0.2) is 18.9 Å². The van der Waals surface area contributed by atoms with Crippen LogP contribution in [0.5, 0.6) is 5.75 Å². The van der Waals surface area contributed by atoms with Gasteiger partial charge in [0.25, 0.3) is 0 Å². The Balaban J connectivity index is 2.12. The van der Waals surface area contributed by atoms with Crippen LogP contribution in [0.4, 0.5) is 0 Å². The number of methoxy groups -OCH3 is 1. The minimum Gasteiger partial charge on any atom is -0.496 e. The van der Waals surface area contributed by atoms with Crippen molar-refractivity contribution in [1.29, 1.82) is 0 Å². The van der Waals surface area contributed by atoms with E-state index in [0.717, 1.165) is 41.5 Å². The van der Waals surface area contributed by atoms with Crippen LogP contribution < -0.4 is 10.5 Å². The molecule has 2 rings (SSSR count). The lowest BCUT2D eigenvalue weighted by Gasteiger charge is -2.20. The van der Waals surface area contributed by atoms with E-state index in [1.807, 2.05) is 18.2 Å². The van der Waals surface area contributed by atoms with Gasteiger partial charge in [-0.15, -0.1) is 0 Å². The molecule has 0 amide bonds. The lowest BCUT2D eigenvalue weighted by atomic mass is 9.88. The molecule has 0 aromatic heterocycles. The molecule has 0 radical (unpaired) electrons. The first-order valence-electron chi connectivity index (χ1n) is 7.22. The van der Waals surface area contributed by atoms with Gasteiger partial charge in [-0.2, -0.15) is 0 Å². The molecule has 4 heteroatoms. The summed E-state index contributed by atoms with van der Waals surface area (Å²) in [5, 5.41) is 0. The van der Waals surface area contributed by atoms with Gasteiger partial charge < -0.3 is 10.5 Å². The zero-order chi connectivity index (χ0) is 14.5. The van der Waals surface area contributed by atoms with Gasteiger partial charge in [0.15, 0.2) is 0 Å². The second-order valence-corrected chi connectivity index (χ2v) is 6.42. The fourth-order valence-corrected chi connectivity index (χ4v) is 3.35. The average Bonchev–Trinajstić information content (AvgIpc) is 2.63. The fraction of sp³-hybridized carbons (Fsp3) is 0.562. The van der Waals surface area contributed by atoms with Gasteiger partial charge in [0.1, 0.15) is 11.5 Å². The molecule has 0 aliphatic heterocycles. The molecule has 0 saturated heterocycles. The summed E-state index contributed by atoms with van der Waals surface area (Å²) in [7, 11) is 1.63. The van der Waals surface area contributed by atoms with Gasteiger partial charge in [0.05, 0.1) is 7.11 Å². The molecule has 110 valence electrons. The summed E-state index contributed by atoms with van der Waals surface area (Å²) in [6, 6.07) is 5.78. The number of rotatable bonds is 4. The smallest absolute Gasteiger partial charge is 0.142 e. The Bertz CT molecular complexity index is 476. The van der Waals surface area contributed by atoms with Crippen LogP contribution in [0.2, 0.25) is 0 Å². The predicted octanol–water partition coefficient (Wildman–Crippen LogP) is 3.48. The number of hydrogen-bond acceptors (Lipinski definition) is 3. The third kappa shape index (κ3) is 3.83. The molecule has 3 nitrogen and oxygen atoms in total. The average molecular weight is 340 g/mol. The highest BCUT2D eigenvalue weighted by atomic mass is 79.9. The molecule has 0 bridgehead atoms. The van der Waals surface area contributed by atoms with Gasteiger partial charge in [0, 0.05) is 28.4 Å². The molecule has 2 atom stereocenters. The summed E-state index contributed by atoms with van der Waals surface area (Å²) in [6.07, 6.45) is 5.74. The van der Waals surface area contributed by atoms with Crippen LogP contribution in [0.1, 0.15) is 37.7 Å². The molecule has 0 spiro atoms. The van der Waals surface area contributed by atoms with Crippen LogP contribution in [-0.2, 0) is 11.2 Å². The summed E-state index contributed by atoms with van der Waals surface area (Å²) < 4.78 is 6.30. The van der Waals surface area contributed by atoms with Crippen molar-refractivity contribution in [3.8, 4) is 5.75 Å². The topological polar surface area (TPSA) is 52.3 Å². The van der Waals surface area contributed by atoms with Crippen molar-refractivity contribution in [2.75, 3.05) is 7.11 Å². The Hall–Kier alpha value is -0.870. The molecule has 2 N–H and O–H groups in total. The number of halogens is 1. The first-order valence-corrected chi connectivity index (χ1v) is 8.02. The molecule has 20 heavy (non-hydrogen) atoms. The molecular weight excluding hydrogens is 318 g/mol. The quantitative estimate of drug-likeness (QED) is 0.854. The van der Waals surface area contributed by atoms with Gasteiger partial charge in [-0.25, -0.2) is 0 Å². The summed E-state index contributed by atoms with van der Waals surface area (Å²) in [5.41, 5.74) is 7.11. The van der Waals surface area contributed by atoms with Gasteiger partial charge in [0.2, 0.25) is 0 Å². The standard InChI is InChI=1S/C16H22BrNO2/c1-20-16-8-7-12(17)9-11(16)10-15(19)13-5-3-2-4-6-14(13)18/h7-9,13-14H,2-6,10,18H2,1H3. The number of ether oxygens (including phenoxy) is 1. The van der Waals surface area contributed by atoms with Crippen molar-refractivity contribution in [1.82, 2.24) is 0 Å². The van der Waals surface area contributed by atoms with Crippen molar-refractivity contribution in [2.24, 2.45) is 11.7 Å². The Morgan fingerprint density at radius 1 is 1.35 bits per heavy atom. The highest BCUT2D eigenvalue weighted by Crippen LogP contribution is 2.28. The van der Waals surface area contributed by atoms with E-state index < -0.39 is 0 Å². The summed E-state index contributed by atoms with van der Waals surface area (Å²) in [6.45, 7) is 0. The molecule has 1 aromatic carbocycles. The third-order valence-electron chi connectivity index (χ3n) is 4.09. The van der Waals surface area contributed by atoms with E-state index in [4.69, 9.17) is 10.5 Å². The molecule has 0 heterocycles. The summed E-state index contributed by atoms with van der Waals surface area (Å²) in [4.78, 5) is 12.6. The minimum atomic E-state index is 0.00110. The fourth-order valence-electron chi connectivity index (χ4n) is 2.94. The van der Waals surface area contributed by atoms with Crippen LogP contribution >= 0.6 is 15.9 Å².